The third-order valence-corrected chi connectivity index (χ3v) is 5.25. The molecule has 0 atom stereocenters. The van der Waals surface area contributed by atoms with Crippen LogP contribution in [0.2, 0.25) is 5.02 Å². The van der Waals surface area contributed by atoms with Crippen molar-refractivity contribution in [2.45, 2.75) is 45.8 Å². The monoisotopic (exact) mass is 372 g/mol. The molecule has 0 bridgehead atoms. The van der Waals surface area contributed by atoms with Gasteiger partial charge in [0.15, 0.2) is 0 Å². The van der Waals surface area contributed by atoms with E-state index >= 15 is 0 Å². The Bertz CT molecular complexity index is 838. The fourth-order valence-corrected chi connectivity index (χ4v) is 2.89. The van der Waals surface area contributed by atoms with Gasteiger partial charge in [-0.15, -0.1) is 0 Å². The number of amides is 1. The van der Waals surface area contributed by atoms with Crippen LogP contribution in [0.3, 0.4) is 0 Å². The summed E-state index contributed by atoms with van der Waals surface area (Å²) in [6, 6.07) is 8.76. The van der Waals surface area contributed by atoms with Gasteiger partial charge in [0, 0.05) is 22.2 Å². The predicted octanol–water partition coefficient (Wildman–Crippen LogP) is 3.59. The molecule has 0 spiro atoms. The Morgan fingerprint density at radius 3 is 2.35 bits per heavy atom. The lowest BCUT2D eigenvalue weighted by atomic mass is 9.78. The van der Waals surface area contributed by atoms with E-state index in [1.807, 2.05) is 40.7 Å². The van der Waals surface area contributed by atoms with E-state index in [0.717, 1.165) is 5.56 Å². The minimum absolute atomic E-state index is 0.273. The summed E-state index contributed by atoms with van der Waals surface area (Å²) in [6.45, 7) is 9.87. The molecular formula is C19H22BClN2O3. The number of aryl methyl sites for hydroxylation is 1. The maximum atomic E-state index is 12.4. The molecule has 1 aromatic heterocycles. The van der Waals surface area contributed by atoms with Gasteiger partial charge < -0.3 is 14.6 Å². The van der Waals surface area contributed by atoms with Crippen LogP contribution < -0.4 is 10.8 Å². The van der Waals surface area contributed by atoms with Crippen molar-refractivity contribution in [2.24, 2.45) is 0 Å². The van der Waals surface area contributed by atoms with Gasteiger partial charge in [-0.2, -0.15) is 0 Å². The third-order valence-electron chi connectivity index (χ3n) is 4.93. The van der Waals surface area contributed by atoms with Crippen molar-refractivity contribution in [3.8, 4) is 0 Å². The normalized spacial score (nSPS) is 18.0. The first-order chi connectivity index (χ1) is 12.1. The zero-order chi connectivity index (χ0) is 19.1. The third kappa shape index (κ3) is 3.63. The lowest BCUT2D eigenvalue weighted by molar-refractivity contribution is 0.00578. The number of anilines is 1. The largest absolute Gasteiger partial charge is 0.496 e. The van der Waals surface area contributed by atoms with Gasteiger partial charge in [-0.3, -0.25) is 4.79 Å². The van der Waals surface area contributed by atoms with Gasteiger partial charge in [-0.05, 0) is 64.4 Å². The molecule has 26 heavy (non-hydrogen) atoms. The lowest BCUT2D eigenvalue weighted by Crippen LogP contribution is -2.41. The summed E-state index contributed by atoms with van der Waals surface area (Å²) in [5.41, 5.74) is 1.26. The van der Waals surface area contributed by atoms with Gasteiger partial charge in [-0.25, -0.2) is 4.98 Å². The van der Waals surface area contributed by atoms with Gasteiger partial charge in [0.1, 0.15) is 5.82 Å². The molecule has 1 aliphatic heterocycles. The van der Waals surface area contributed by atoms with Crippen LogP contribution in [0.25, 0.3) is 0 Å². The highest BCUT2D eigenvalue weighted by Crippen LogP contribution is 2.37. The fourth-order valence-electron chi connectivity index (χ4n) is 2.62. The molecule has 1 amide bonds. The number of hydrogen-bond acceptors (Lipinski definition) is 4. The summed E-state index contributed by atoms with van der Waals surface area (Å²) in [5.74, 6) is 0.228. The Morgan fingerprint density at radius 1 is 1.12 bits per heavy atom. The van der Waals surface area contributed by atoms with Crippen LogP contribution in [-0.4, -0.2) is 29.2 Å². The summed E-state index contributed by atoms with van der Waals surface area (Å²) >= 11 is 6.41. The molecule has 0 radical (unpaired) electrons. The molecule has 0 saturated carbocycles. The Morgan fingerprint density at radius 2 is 1.77 bits per heavy atom. The second-order valence-corrected chi connectivity index (χ2v) is 7.90. The molecule has 1 N–H and O–H groups in total. The van der Waals surface area contributed by atoms with Gasteiger partial charge >= 0.3 is 7.12 Å². The first-order valence-corrected chi connectivity index (χ1v) is 8.86. The maximum Gasteiger partial charge on any atom is 0.496 e. The molecule has 2 aromatic rings. The van der Waals surface area contributed by atoms with E-state index in [1.165, 1.54) is 0 Å². The summed E-state index contributed by atoms with van der Waals surface area (Å²) in [5, 5.41) is 3.19. The van der Waals surface area contributed by atoms with Gasteiger partial charge in [-0.1, -0.05) is 17.7 Å². The van der Waals surface area contributed by atoms with Crippen molar-refractivity contribution in [3.05, 3.63) is 52.7 Å². The molecule has 0 unspecified atom stereocenters. The van der Waals surface area contributed by atoms with E-state index in [-0.39, 0.29) is 5.91 Å². The summed E-state index contributed by atoms with van der Waals surface area (Å²) in [6.07, 6.45) is 1.65. The maximum absolute atomic E-state index is 12.4. The number of pyridine rings is 1. The Hall–Kier alpha value is -1.89. The Balaban J connectivity index is 1.79. The predicted molar refractivity (Wildman–Crippen MR) is 104 cm³/mol. The Kier molecular flexibility index (Phi) is 4.86. The van der Waals surface area contributed by atoms with E-state index in [4.69, 9.17) is 20.9 Å². The van der Waals surface area contributed by atoms with Crippen LogP contribution in [-0.2, 0) is 9.31 Å². The average molecular weight is 373 g/mol. The number of rotatable bonds is 3. The van der Waals surface area contributed by atoms with Crippen molar-refractivity contribution in [3.63, 3.8) is 0 Å². The number of carbonyl (C=O) groups excluding carboxylic acids is 1. The lowest BCUT2D eigenvalue weighted by Gasteiger charge is -2.32. The molecule has 5 nitrogen and oxygen atoms in total. The van der Waals surface area contributed by atoms with E-state index < -0.39 is 18.3 Å². The summed E-state index contributed by atoms with van der Waals surface area (Å²) in [7, 11) is -0.567. The summed E-state index contributed by atoms with van der Waals surface area (Å²) < 4.78 is 12.0. The van der Waals surface area contributed by atoms with E-state index in [2.05, 4.69) is 10.3 Å². The summed E-state index contributed by atoms with van der Waals surface area (Å²) in [4.78, 5) is 16.6. The quantitative estimate of drug-likeness (QED) is 0.836. The molecule has 2 heterocycles. The average Bonchev–Trinajstić information content (AvgIpc) is 2.75. The zero-order valence-corrected chi connectivity index (χ0v) is 16.3. The molecule has 3 rings (SSSR count). The molecule has 136 valence electrons. The van der Waals surface area contributed by atoms with Crippen LogP contribution in [0.1, 0.15) is 43.6 Å². The minimum atomic E-state index is -0.567. The highest BCUT2D eigenvalue weighted by Gasteiger charge is 2.52. The topological polar surface area (TPSA) is 60.5 Å². The second-order valence-electron chi connectivity index (χ2n) is 7.50. The first kappa shape index (κ1) is 18.9. The van der Waals surface area contributed by atoms with Crippen molar-refractivity contribution >= 4 is 35.9 Å². The van der Waals surface area contributed by atoms with E-state index in [1.54, 1.807) is 30.5 Å². The van der Waals surface area contributed by atoms with Crippen LogP contribution in [0.4, 0.5) is 5.82 Å². The number of nitrogens with zero attached hydrogens (tertiary/aromatic N) is 1. The molecule has 1 aliphatic rings. The van der Waals surface area contributed by atoms with Crippen molar-refractivity contribution in [1.29, 1.82) is 0 Å². The number of aromatic nitrogens is 1. The number of carbonyl (C=O) groups is 1. The van der Waals surface area contributed by atoms with Crippen molar-refractivity contribution in [2.75, 3.05) is 5.32 Å². The van der Waals surface area contributed by atoms with Crippen molar-refractivity contribution in [1.82, 2.24) is 4.98 Å². The van der Waals surface area contributed by atoms with Crippen molar-refractivity contribution < 1.29 is 14.1 Å². The van der Waals surface area contributed by atoms with Gasteiger partial charge in [0.25, 0.3) is 5.91 Å². The van der Waals surface area contributed by atoms with Crippen LogP contribution in [0, 0.1) is 6.92 Å². The SMILES string of the molecule is Cc1ccnc(NC(=O)c2ccc(B3OC(C)(C)C(C)(C)O3)c(Cl)c2)c1. The van der Waals surface area contributed by atoms with Gasteiger partial charge in [0.2, 0.25) is 0 Å². The molecule has 1 saturated heterocycles. The smallest absolute Gasteiger partial charge is 0.399 e. The fraction of sp³-hybridized carbons (Fsp3) is 0.368. The Labute approximate surface area is 159 Å². The minimum Gasteiger partial charge on any atom is -0.399 e. The van der Waals surface area contributed by atoms with E-state index in [0.29, 0.717) is 21.9 Å². The number of hydrogen-bond donors (Lipinski definition) is 1. The van der Waals surface area contributed by atoms with Crippen LogP contribution in [0.15, 0.2) is 36.5 Å². The highest BCUT2D eigenvalue weighted by atomic mass is 35.5. The standard InChI is InChI=1S/C19H22BClN2O3/c1-12-8-9-22-16(10-12)23-17(24)13-6-7-14(15(21)11-13)20-25-18(2,3)19(4,5)26-20/h6-11H,1-5H3,(H,22,23,24). The highest BCUT2D eigenvalue weighted by molar-refractivity contribution is 6.65. The van der Waals surface area contributed by atoms with Crippen LogP contribution in [0.5, 0.6) is 0 Å². The molecule has 1 aromatic carbocycles. The number of nitrogens with one attached hydrogen (secondary N) is 1. The first-order valence-electron chi connectivity index (χ1n) is 8.48. The molecular weight excluding hydrogens is 350 g/mol. The molecule has 7 heteroatoms. The molecule has 1 fully saturated rings. The van der Waals surface area contributed by atoms with Crippen LogP contribution >= 0.6 is 11.6 Å². The zero-order valence-electron chi connectivity index (χ0n) is 15.6. The number of halogens is 1. The van der Waals surface area contributed by atoms with Gasteiger partial charge in [0.05, 0.1) is 11.2 Å². The molecule has 0 aliphatic carbocycles. The second kappa shape index (κ2) is 6.69. The number of benzene rings is 1. The van der Waals surface area contributed by atoms with E-state index in [9.17, 15) is 4.79 Å².